The van der Waals surface area contributed by atoms with Gasteiger partial charge in [0.15, 0.2) is 5.82 Å². The Morgan fingerprint density at radius 1 is 1.11 bits per heavy atom. The lowest BCUT2D eigenvalue weighted by Crippen LogP contribution is -2.35. The maximum Gasteiger partial charge on any atom is 0.152 e. The van der Waals surface area contributed by atoms with Crippen molar-refractivity contribution >= 4 is 16.6 Å². The molecule has 0 atom stereocenters. The van der Waals surface area contributed by atoms with Gasteiger partial charge in [0.05, 0.1) is 17.6 Å². The van der Waals surface area contributed by atoms with Gasteiger partial charge >= 0.3 is 0 Å². The van der Waals surface area contributed by atoms with Crippen LogP contribution in [-0.2, 0) is 6.42 Å². The van der Waals surface area contributed by atoms with E-state index in [0.717, 1.165) is 43.4 Å². The maximum atomic E-state index is 10.6. The molecule has 0 unspecified atom stereocenters. The average molecular weight is 372 g/mol. The van der Waals surface area contributed by atoms with Crippen molar-refractivity contribution in [3.8, 4) is 6.07 Å². The van der Waals surface area contributed by atoms with Crippen LogP contribution in [0.15, 0.2) is 60.4 Å². The predicted octanol–water partition coefficient (Wildman–Crippen LogP) is 4.31. The topological polar surface area (TPSA) is 75.9 Å². The number of hydrogen-bond acceptors (Lipinski definition) is 4. The first kappa shape index (κ1) is 18.3. The number of para-hydroxylation sites is 2. The highest BCUT2D eigenvalue weighted by molar-refractivity contribution is 5.82. The van der Waals surface area contributed by atoms with Crippen LogP contribution in [0.5, 0.6) is 0 Å². The van der Waals surface area contributed by atoms with Crippen LogP contribution in [0.3, 0.4) is 0 Å². The highest BCUT2D eigenvalue weighted by Gasteiger charge is 2.22. The molecule has 0 amide bonds. The number of aromatic nitrogens is 2. The van der Waals surface area contributed by atoms with Crippen molar-refractivity contribution in [2.45, 2.75) is 19.3 Å². The molecule has 4 rings (SSSR count). The molecule has 3 aromatic rings. The molecule has 0 bridgehead atoms. The van der Waals surface area contributed by atoms with Gasteiger partial charge in [-0.3, -0.25) is 4.90 Å². The van der Waals surface area contributed by atoms with Crippen molar-refractivity contribution in [3.05, 3.63) is 71.7 Å². The second-order valence-corrected chi connectivity index (χ2v) is 7.45. The van der Waals surface area contributed by atoms with Crippen LogP contribution >= 0.6 is 0 Å². The van der Waals surface area contributed by atoms with Gasteiger partial charge in [-0.2, -0.15) is 5.26 Å². The van der Waals surface area contributed by atoms with Crippen molar-refractivity contribution in [2.24, 2.45) is 5.92 Å². The number of nitriles is 1. The summed E-state index contributed by atoms with van der Waals surface area (Å²) in [7, 11) is 0. The largest absolute Gasteiger partial charge is 0.509 e. The Morgan fingerprint density at radius 2 is 1.82 bits per heavy atom. The Bertz CT molecular complexity index is 975. The second kappa shape index (κ2) is 8.28. The van der Waals surface area contributed by atoms with Gasteiger partial charge in [0, 0.05) is 0 Å². The summed E-state index contributed by atoms with van der Waals surface area (Å²) in [6.07, 6.45) is 3.32. The number of fused-ring (bicyclic) bond motifs is 1. The molecule has 0 spiro atoms. The highest BCUT2D eigenvalue weighted by atomic mass is 16.3. The Balaban J connectivity index is 1.40. The van der Waals surface area contributed by atoms with E-state index < -0.39 is 0 Å². The number of piperidine rings is 1. The number of nitrogens with zero attached hydrogens (tertiary/aromatic N) is 3. The molecular weight excluding hydrogens is 348 g/mol. The van der Waals surface area contributed by atoms with Crippen LogP contribution in [0.2, 0.25) is 0 Å². The second-order valence-electron chi connectivity index (χ2n) is 7.45. The minimum absolute atomic E-state index is 0.0862. The Hall–Kier alpha value is -3.10. The first-order chi connectivity index (χ1) is 13.7. The number of benzene rings is 2. The molecule has 1 saturated heterocycles. The van der Waals surface area contributed by atoms with Crippen molar-refractivity contribution in [3.63, 3.8) is 0 Å². The number of allylic oxidation sites excluding steroid dienone is 1. The molecule has 1 aromatic heterocycles. The first-order valence-corrected chi connectivity index (χ1v) is 9.76. The van der Waals surface area contributed by atoms with Gasteiger partial charge < -0.3 is 10.1 Å². The lowest BCUT2D eigenvalue weighted by atomic mass is 9.90. The number of aliphatic hydroxyl groups excluding tert-OH is 1. The maximum absolute atomic E-state index is 10.6. The van der Waals surface area contributed by atoms with E-state index in [2.05, 4.69) is 51.3 Å². The van der Waals surface area contributed by atoms with Gasteiger partial charge in [-0.05, 0) is 56.0 Å². The molecule has 2 heterocycles. The number of aliphatic hydroxyl groups is 1. The number of likely N-dealkylation sites (tertiary alicyclic amines) is 1. The SMILES string of the molecule is N#CC(=C(O)CN1CCC(Cc2ccccc2)CC1)c1nc2ccccc2[nH]1. The molecule has 1 fully saturated rings. The lowest BCUT2D eigenvalue weighted by molar-refractivity contribution is 0.177. The monoisotopic (exact) mass is 372 g/mol. The minimum Gasteiger partial charge on any atom is -0.509 e. The summed E-state index contributed by atoms with van der Waals surface area (Å²) in [5.41, 5.74) is 3.27. The Kier molecular flexibility index (Phi) is 5.41. The summed E-state index contributed by atoms with van der Waals surface area (Å²) >= 11 is 0. The summed E-state index contributed by atoms with van der Waals surface area (Å²) < 4.78 is 0. The fourth-order valence-electron chi connectivity index (χ4n) is 3.91. The fraction of sp³-hybridized carbons (Fsp3) is 0.304. The van der Waals surface area contributed by atoms with Crippen LogP contribution in [0, 0.1) is 17.2 Å². The fourth-order valence-corrected chi connectivity index (χ4v) is 3.91. The molecule has 142 valence electrons. The summed E-state index contributed by atoms with van der Waals surface area (Å²) in [6.45, 7) is 2.25. The average Bonchev–Trinajstić information content (AvgIpc) is 3.14. The molecular formula is C23H24N4O. The van der Waals surface area contributed by atoms with Gasteiger partial charge in [-0.1, -0.05) is 42.5 Å². The van der Waals surface area contributed by atoms with Crippen LogP contribution in [0.4, 0.5) is 0 Å². The molecule has 2 aromatic carbocycles. The summed E-state index contributed by atoms with van der Waals surface area (Å²) in [5.74, 6) is 1.19. The Morgan fingerprint density at radius 3 is 2.54 bits per heavy atom. The van der Waals surface area contributed by atoms with Gasteiger partial charge in [-0.25, -0.2) is 4.98 Å². The number of rotatable bonds is 5. The zero-order valence-electron chi connectivity index (χ0n) is 15.8. The summed E-state index contributed by atoms with van der Waals surface area (Å²) in [6, 6.07) is 20.4. The minimum atomic E-state index is 0.0862. The third kappa shape index (κ3) is 4.08. The molecule has 1 aliphatic heterocycles. The molecule has 1 aliphatic rings. The Labute approximate surface area is 164 Å². The number of imidazole rings is 1. The van der Waals surface area contributed by atoms with Crippen molar-refractivity contribution < 1.29 is 5.11 Å². The van der Waals surface area contributed by atoms with Crippen molar-refractivity contribution in [1.82, 2.24) is 14.9 Å². The van der Waals surface area contributed by atoms with E-state index in [1.807, 2.05) is 24.3 Å². The van der Waals surface area contributed by atoms with Crippen molar-refractivity contribution in [2.75, 3.05) is 19.6 Å². The molecule has 0 saturated carbocycles. The molecule has 28 heavy (non-hydrogen) atoms. The van der Waals surface area contributed by atoms with Crippen LogP contribution in [0.1, 0.15) is 24.2 Å². The normalized spacial score (nSPS) is 16.7. The molecule has 5 nitrogen and oxygen atoms in total. The van der Waals surface area contributed by atoms with Crippen LogP contribution in [0.25, 0.3) is 16.6 Å². The van der Waals surface area contributed by atoms with Crippen LogP contribution < -0.4 is 0 Å². The smallest absolute Gasteiger partial charge is 0.152 e. The van der Waals surface area contributed by atoms with Gasteiger partial charge in [0.2, 0.25) is 0 Å². The number of aromatic amines is 1. The predicted molar refractivity (Wildman–Crippen MR) is 111 cm³/mol. The standard InChI is InChI=1S/C23H24N4O/c24-15-19(23-25-20-8-4-5-9-21(20)26-23)22(28)16-27-12-10-18(11-13-27)14-17-6-2-1-3-7-17/h1-9,18,28H,10-14,16H2,(H,25,26). The van der Waals surface area contributed by atoms with E-state index in [1.165, 1.54) is 5.56 Å². The number of nitrogens with one attached hydrogen (secondary N) is 1. The third-order valence-electron chi connectivity index (χ3n) is 5.47. The number of H-pyrrole nitrogens is 1. The van der Waals surface area contributed by atoms with E-state index in [-0.39, 0.29) is 11.3 Å². The van der Waals surface area contributed by atoms with E-state index >= 15 is 0 Å². The highest BCUT2D eigenvalue weighted by Crippen LogP contribution is 2.24. The zero-order valence-corrected chi connectivity index (χ0v) is 15.8. The summed E-state index contributed by atoms with van der Waals surface area (Å²) in [4.78, 5) is 9.79. The van der Waals surface area contributed by atoms with E-state index in [9.17, 15) is 10.4 Å². The molecule has 5 heteroatoms. The molecule has 0 radical (unpaired) electrons. The lowest BCUT2D eigenvalue weighted by Gasteiger charge is -2.31. The summed E-state index contributed by atoms with van der Waals surface area (Å²) in [5, 5.41) is 20.2. The number of hydrogen-bond donors (Lipinski definition) is 2. The van der Waals surface area contributed by atoms with E-state index in [4.69, 9.17) is 0 Å². The van der Waals surface area contributed by atoms with E-state index in [0.29, 0.717) is 18.3 Å². The van der Waals surface area contributed by atoms with Gasteiger partial charge in [-0.15, -0.1) is 0 Å². The van der Waals surface area contributed by atoms with Crippen molar-refractivity contribution in [1.29, 1.82) is 5.26 Å². The molecule has 2 N–H and O–H groups in total. The van der Waals surface area contributed by atoms with E-state index in [1.54, 1.807) is 0 Å². The van der Waals surface area contributed by atoms with Gasteiger partial charge in [0.25, 0.3) is 0 Å². The molecule has 0 aliphatic carbocycles. The third-order valence-corrected chi connectivity index (χ3v) is 5.47. The van der Waals surface area contributed by atoms with Gasteiger partial charge in [0.1, 0.15) is 17.4 Å². The first-order valence-electron chi connectivity index (χ1n) is 9.76. The van der Waals surface area contributed by atoms with Crippen LogP contribution in [-0.4, -0.2) is 39.6 Å². The zero-order chi connectivity index (χ0) is 19.3. The quantitative estimate of drug-likeness (QED) is 0.517.